The van der Waals surface area contributed by atoms with Crippen LogP contribution in [0, 0.1) is 13.8 Å². The number of anilines is 1. The molecule has 0 aliphatic carbocycles. The Labute approximate surface area is 196 Å². The van der Waals surface area contributed by atoms with Crippen molar-refractivity contribution in [2.45, 2.75) is 13.8 Å². The van der Waals surface area contributed by atoms with Gasteiger partial charge in [-0.15, -0.1) is 0 Å². The van der Waals surface area contributed by atoms with Crippen molar-refractivity contribution < 1.29 is 9.53 Å². The van der Waals surface area contributed by atoms with Gasteiger partial charge in [0.15, 0.2) is 0 Å². The Morgan fingerprint density at radius 2 is 1.58 bits per heavy atom. The summed E-state index contributed by atoms with van der Waals surface area (Å²) < 4.78 is 6.76. The fraction of sp³-hybridized carbons (Fsp3) is 0.115. The predicted octanol–water partition coefficient (Wildman–Crippen LogP) is 5.43. The number of nitrogens with one attached hydrogen (secondary N) is 1. The van der Waals surface area contributed by atoms with Crippen LogP contribution in [0.25, 0.3) is 16.8 Å². The first-order valence-corrected chi connectivity index (χ1v) is 10.7. The smallest absolute Gasteiger partial charge is 0.256 e. The molecule has 0 spiro atoms. The molecule has 0 unspecified atom stereocenters. The van der Waals surface area contributed by atoms with Gasteiger partial charge in [0.2, 0.25) is 5.43 Å². The van der Waals surface area contributed by atoms with Crippen LogP contribution in [0.4, 0.5) is 5.82 Å². The van der Waals surface area contributed by atoms with E-state index >= 15 is 0 Å². The van der Waals surface area contributed by atoms with Gasteiger partial charge >= 0.3 is 0 Å². The normalized spacial score (nSPS) is 10.7. The minimum Gasteiger partial charge on any atom is -0.497 e. The molecular weight excluding hydrogens is 438 g/mol. The van der Waals surface area contributed by atoms with Crippen LogP contribution in [-0.2, 0) is 0 Å². The largest absolute Gasteiger partial charge is 0.497 e. The van der Waals surface area contributed by atoms with E-state index in [4.69, 9.17) is 16.3 Å². The van der Waals surface area contributed by atoms with Crippen molar-refractivity contribution in [3.05, 3.63) is 105 Å². The molecule has 1 heterocycles. The highest BCUT2D eigenvalue weighted by Gasteiger charge is 2.21. The van der Waals surface area contributed by atoms with Crippen molar-refractivity contribution in [1.82, 2.24) is 9.78 Å². The average Bonchev–Trinajstić information content (AvgIpc) is 2.83. The molecule has 0 bridgehead atoms. The summed E-state index contributed by atoms with van der Waals surface area (Å²) >= 11 is 6.07. The molecule has 1 amide bonds. The predicted molar refractivity (Wildman–Crippen MR) is 131 cm³/mol. The maximum Gasteiger partial charge on any atom is 0.256 e. The van der Waals surface area contributed by atoms with Crippen LogP contribution in [0.15, 0.2) is 77.6 Å². The van der Waals surface area contributed by atoms with Gasteiger partial charge in [0.05, 0.1) is 18.4 Å². The molecule has 1 N–H and O–H groups in total. The molecule has 0 radical (unpaired) electrons. The Morgan fingerprint density at radius 3 is 2.18 bits per heavy atom. The SMILES string of the molecule is COc1ccc(C(=O)Nc2c(-c3ccc(Cl)cc3)c(=O)c(C)nn2-c2ccc(C)cc2)cc1. The Hall–Kier alpha value is -3.90. The van der Waals surface area contributed by atoms with Crippen molar-refractivity contribution in [3.63, 3.8) is 0 Å². The molecular formula is C26H22ClN3O3. The third-order valence-corrected chi connectivity index (χ3v) is 5.50. The number of aryl methyl sites for hydroxylation is 2. The molecule has 0 atom stereocenters. The van der Waals surface area contributed by atoms with E-state index in [0.29, 0.717) is 38.8 Å². The van der Waals surface area contributed by atoms with Crippen molar-refractivity contribution in [1.29, 1.82) is 0 Å². The van der Waals surface area contributed by atoms with Gasteiger partial charge < -0.3 is 10.1 Å². The number of aromatic nitrogens is 2. The van der Waals surface area contributed by atoms with Crippen LogP contribution < -0.4 is 15.5 Å². The molecule has 166 valence electrons. The number of carbonyl (C=O) groups excluding carboxylic acids is 1. The number of hydrogen-bond donors (Lipinski definition) is 1. The summed E-state index contributed by atoms with van der Waals surface area (Å²) in [7, 11) is 1.56. The lowest BCUT2D eigenvalue weighted by molar-refractivity contribution is 0.102. The fourth-order valence-electron chi connectivity index (χ4n) is 3.43. The lowest BCUT2D eigenvalue weighted by atomic mass is 10.0. The van der Waals surface area contributed by atoms with Gasteiger partial charge in [0.1, 0.15) is 17.3 Å². The second-order valence-electron chi connectivity index (χ2n) is 7.58. The monoisotopic (exact) mass is 459 g/mol. The number of halogens is 1. The maximum absolute atomic E-state index is 13.2. The molecule has 7 heteroatoms. The van der Waals surface area contributed by atoms with Crippen molar-refractivity contribution in [2.24, 2.45) is 0 Å². The van der Waals surface area contributed by atoms with E-state index in [1.54, 1.807) is 67.2 Å². The number of amides is 1. The van der Waals surface area contributed by atoms with Crippen molar-refractivity contribution >= 4 is 23.3 Å². The number of ether oxygens (including phenoxy) is 1. The number of carbonyl (C=O) groups is 1. The molecule has 1 aromatic heterocycles. The molecule has 4 rings (SSSR count). The van der Waals surface area contributed by atoms with Gasteiger partial charge in [0.25, 0.3) is 5.91 Å². The van der Waals surface area contributed by atoms with Gasteiger partial charge in [-0.1, -0.05) is 41.4 Å². The zero-order chi connectivity index (χ0) is 23.5. The molecule has 6 nitrogen and oxygen atoms in total. The van der Waals surface area contributed by atoms with E-state index in [1.807, 2.05) is 31.2 Å². The number of nitrogens with zero attached hydrogens (tertiary/aromatic N) is 2. The molecule has 0 saturated heterocycles. The first kappa shape index (κ1) is 22.3. The summed E-state index contributed by atoms with van der Waals surface area (Å²) in [6.07, 6.45) is 0. The minimum absolute atomic E-state index is 0.272. The van der Waals surface area contributed by atoms with E-state index in [-0.39, 0.29) is 17.2 Å². The number of rotatable bonds is 5. The van der Waals surface area contributed by atoms with Gasteiger partial charge in [-0.3, -0.25) is 9.59 Å². The Balaban J connectivity index is 1.91. The van der Waals surface area contributed by atoms with Crippen LogP contribution in [0.2, 0.25) is 5.02 Å². The second kappa shape index (κ2) is 9.30. The summed E-state index contributed by atoms with van der Waals surface area (Å²) in [5.41, 5.74) is 3.21. The summed E-state index contributed by atoms with van der Waals surface area (Å²) in [4.78, 5) is 26.4. The Morgan fingerprint density at radius 1 is 0.939 bits per heavy atom. The highest BCUT2D eigenvalue weighted by molar-refractivity contribution is 6.30. The van der Waals surface area contributed by atoms with E-state index in [2.05, 4.69) is 10.4 Å². The van der Waals surface area contributed by atoms with Gasteiger partial charge in [-0.2, -0.15) is 5.10 Å². The fourth-order valence-corrected chi connectivity index (χ4v) is 3.56. The summed E-state index contributed by atoms with van der Waals surface area (Å²) in [5, 5.41) is 7.96. The second-order valence-corrected chi connectivity index (χ2v) is 8.01. The Kier molecular flexibility index (Phi) is 6.29. The minimum atomic E-state index is -0.376. The zero-order valence-electron chi connectivity index (χ0n) is 18.4. The Bertz CT molecular complexity index is 1360. The standard InChI is InChI=1S/C26H22ClN3O3/c1-16-4-12-21(13-5-16)30-25(28-26(32)19-8-14-22(33-3)15-9-19)23(24(31)17(2)29-30)18-6-10-20(27)11-7-18/h4-15H,1-3H3,(H,28,32). The van der Waals surface area contributed by atoms with E-state index in [9.17, 15) is 9.59 Å². The lowest BCUT2D eigenvalue weighted by Gasteiger charge is -2.18. The number of methoxy groups -OCH3 is 1. The molecule has 3 aromatic carbocycles. The summed E-state index contributed by atoms with van der Waals surface area (Å²) in [6, 6.07) is 21.3. The first-order valence-electron chi connectivity index (χ1n) is 10.3. The maximum atomic E-state index is 13.2. The van der Waals surface area contributed by atoms with Gasteiger partial charge in [-0.25, -0.2) is 4.68 Å². The quantitative estimate of drug-likeness (QED) is 0.432. The van der Waals surface area contributed by atoms with Crippen LogP contribution >= 0.6 is 11.6 Å². The summed E-state index contributed by atoms with van der Waals surface area (Å²) in [6.45, 7) is 3.64. The molecule has 0 saturated carbocycles. The summed E-state index contributed by atoms with van der Waals surface area (Å²) in [5.74, 6) is 0.540. The van der Waals surface area contributed by atoms with Crippen molar-refractivity contribution in [2.75, 3.05) is 12.4 Å². The molecule has 0 aliphatic rings. The molecule has 4 aromatic rings. The average molecular weight is 460 g/mol. The highest BCUT2D eigenvalue weighted by atomic mass is 35.5. The van der Waals surface area contributed by atoms with Crippen LogP contribution in [0.1, 0.15) is 21.6 Å². The number of benzene rings is 3. The molecule has 0 aliphatic heterocycles. The molecule has 0 fully saturated rings. The van der Waals surface area contributed by atoms with E-state index in [0.717, 1.165) is 5.56 Å². The van der Waals surface area contributed by atoms with E-state index in [1.165, 1.54) is 0 Å². The van der Waals surface area contributed by atoms with Crippen LogP contribution in [-0.4, -0.2) is 22.8 Å². The lowest BCUT2D eigenvalue weighted by Crippen LogP contribution is -2.25. The topological polar surface area (TPSA) is 73.2 Å². The van der Waals surface area contributed by atoms with Gasteiger partial charge in [-0.05, 0) is 67.9 Å². The third kappa shape index (κ3) is 4.66. The van der Waals surface area contributed by atoms with Gasteiger partial charge in [0, 0.05) is 10.6 Å². The van der Waals surface area contributed by atoms with Crippen LogP contribution in [0.3, 0.4) is 0 Å². The van der Waals surface area contributed by atoms with Crippen LogP contribution in [0.5, 0.6) is 5.75 Å². The third-order valence-electron chi connectivity index (χ3n) is 5.25. The van der Waals surface area contributed by atoms with E-state index < -0.39 is 0 Å². The van der Waals surface area contributed by atoms with Crippen molar-refractivity contribution in [3.8, 4) is 22.6 Å². The molecule has 33 heavy (non-hydrogen) atoms. The highest BCUT2D eigenvalue weighted by Crippen LogP contribution is 2.29. The first-order chi connectivity index (χ1) is 15.9. The number of hydrogen-bond acceptors (Lipinski definition) is 4. The zero-order valence-corrected chi connectivity index (χ0v) is 19.2.